The van der Waals surface area contributed by atoms with Crippen LogP contribution in [0.2, 0.25) is 0 Å². The van der Waals surface area contributed by atoms with Gasteiger partial charge in [-0.25, -0.2) is 5.01 Å². The number of nitrogens with zero attached hydrogens (tertiary/aromatic N) is 1. The molecule has 0 radical (unpaired) electrons. The summed E-state index contributed by atoms with van der Waals surface area (Å²) in [4.78, 5) is 12.7. The molecule has 0 spiro atoms. The molecule has 0 atom stereocenters. The van der Waals surface area contributed by atoms with Crippen LogP contribution in [0.5, 0.6) is 0 Å². The minimum Gasteiger partial charge on any atom is -0.285 e. The lowest BCUT2D eigenvalue weighted by Crippen LogP contribution is -2.35. The van der Waals surface area contributed by atoms with E-state index in [0.717, 1.165) is 20.5 Å². The standard InChI is InChI=1S/C12H14N2OS/c1-8-9-6-4-5-7-10(9)16-11(8)12(15)13-14(2)3/h4-7H,1-3H3,(H,13,15). The Morgan fingerprint density at radius 3 is 2.62 bits per heavy atom. The van der Waals surface area contributed by atoms with Gasteiger partial charge in [0.2, 0.25) is 0 Å². The molecule has 1 aromatic heterocycles. The van der Waals surface area contributed by atoms with Crippen molar-refractivity contribution >= 4 is 27.3 Å². The molecule has 1 aromatic carbocycles. The topological polar surface area (TPSA) is 32.3 Å². The van der Waals surface area contributed by atoms with Crippen LogP contribution in [-0.4, -0.2) is 25.0 Å². The van der Waals surface area contributed by atoms with Gasteiger partial charge in [-0.15, -0.1) is 11.3 Å². The number of amides is 1. The van der Waals surface area contributed by atoms with E-state index in [0.29, 0.717) is 0 Å². The molecule has 3 nitrogen and oxygen atoms in total. The highest BCUT2D eigenvalue weighted by atomic mass is 32.1. The van der Waals surface area contributed by atoms with E-state index in [9.17, 15) is 4.79 Å². The van der Waals surface area contributed by atoms with E-state index < -0.39 is 0 Å². The van der Waals surface area contributed by atoms with Gasteiger partial charge in [0.25, 0.3) is 5.91 Å². The number of hydrogen-bond donors (Lipinski definition) is 1. The minimum atomic E-state index is -0.0382. The molecule has 84 valence electrons. The van der Waals surface area contributed by atoms with Crippen molar-refractivity contribution in [3.8, 4) is 0 Å². The molecule has 0 saturated carbocycles. The predicted octanol–water partition coefficient (Wildman–Crippen LogP) is 2.42. The Morgan fingerprint density at radius 1 is 1.31 bits per heavy atom. The number of fused-ring (bicyclic) bond motifs is 1. The van der Waals surface area contributed by atoms with Gasteiger partial charge in [0.1, 0.15) is 0 Å². The first kappa shape index (κ1) is 11.1. The number of thiophene rings is 1. The molecule has 16 heavy (non-hydrogen) atoms. The van der Waals surface area contributed by atoms with Crippen LogP contribution in [0.25, 0.3) is 10.1 Å². The van der Waals surface area contributed by atoms with E-state index in [1.54, 1.807) is 19.1 Å². The molecule has 0 aliphatic rings. The van der Waals surface area contributed by atoms with Crippen molar-refractivity contribution in [3.63, 3.8) is 0 Å². The average molecular weight is 234 g/mol. The van der Waals surface area contributed by atoms with Crippen LogP contribution in [0.1, 0.15) is 15.2 Å². The molecular weight excluding hydrogens is 220 g/mol. The summed E-state index contributed by atoms with van der Waals surface area (Å²) in [6.07, 6.45) is 0. The average Bonchev–Trinajstić information content (AvgIpc) is 2.56. The fraction of sp³-hybridized carbons (Fsp3) is 0.250. The molecule has 0 fully saturated rings. The monoisotopic (exact) mass is 234 g/mol. The van der Waals surface area contributed by atoms with Gasteiger partial charge < -0.3 is 0 Å². The van der Waals surface area contributed by atoms with Gasteiger partial charge in [0.15, 0.2) is 0 Å². The quantitative estimate of drug-likeness (QED) is 0.809. The summed E-state index contributed by atoms with van der Waals surface area (Å²) in [7, 11) is 3.61. The Hall–Kier alpha value is -1.39. The van der Waals surface area contributed by atoms with Crippen LogP contribution < -0.4 is 5.43 Å². The number of carbonyl (C=O) groups excluding carboxylic acids is 1. The number of hydrazine groups is 1. The lowest BCUT2D eigenvalue weighted by atomic mass is 10.1. The molecule has 2 aromatic rings. The zero-order valence-electron chi connectivity index (χ0n) is 9.57. The molecule has 1 N–H and O–H groups in total. The summed E-state index contributed by atoms with van der Waals surface area (Å²) in [6, 6.07) is 8.08. The van der Waals surface area contributed by atoms with Crippen molar-refractivity contribution in [1.82, 2.24) is 10.4 Å². The highest BCUT2D eigenvalue weighted by molar-refractivity contribution is 7.21. The molecule has 0 unspecified atom stereocenters. The first-order valence-electron chi connectivity index (χ1n) is 5.06. The Bertz CT molecular complexity index is 531. The van der Waals surface area contributed by atoms with Crippen molar-refractivity contribution < 1.29 is 4.79 Å². The van der Waals surface area contributed by atoms with E-state index in [4.69, 9.17) is 0 Å². The zero-order chi connectivity index (χ0) is 11.7. The fourth-order valence-corrected chi connectivity index (χ4v) is 2.74. The first-order valence-corrected chi connectivity index (χ1v) is 5.87. The predicted molar refractivity (Wildman–Crippen MR) is 67.7 cm³/mol. The summed E-state index contributed by atoms with van der Waals surface area (Å²) in [5.41, 5.74) is 3.82. The molecular formula is C12H14N2OS. The van der Waals surface area contributed by atoms with Crippen molar-refractivity contribution in [2.24, 2.45) is 0 Å². The van der Waals surface area contributed by atoms with Crippen molar-refractivity contribution in [1.29, 1.82) is 0 Å². The van der Waals surface area contributed by atoms with E-state index in [2.05, 4.69) is 5.43 Å². The highest BCUT2D eigenvalue weighted by Crippen LogP contribution is 2.30. The third-order valence-electron chi connectivity index (χ3n) is 2.38. The van der Waals surface area contributed by atoms with E-state index in [1.807, 2.05) is 31.2 Å². The number of nitrogens with one attached hydrogen (secondary N) is 1. The fourth-order valence-electron chi connectivity index (χ4n) is 1.64. The minimum absolute atomic E-state index is 0.0382. The van der Waals surface area contributed by atoms with Gasteiger partial charge in [0, 0.05) is 18.8 Å². The van der Waals surface area contributed by atoms with Gasteiger partial charge in [-0.1, -0.05) is 18.2 Å². The Morgan fingerprint density at radius 2 is 2.00 bits per heavy atom. The highest BCUT2D eigenvalue weighted by Gasteiger charge is 2.15. The summed E-state index contributed by atoms with van der Waals surface area (Å²) in [5.74, 6) is -0.0382. The second-order valence-electron chi connectivity index (χ2n) is 3.89. The number of aryl methyl sites for hydroxylation is 1. The SMILES string of the molecule is Cc1c(C(=O)NN(C)C)sc2ccccc12. The number of carbonyl (C=O) groups is 1. The zero-order valence-corrected chi connectivity index (χ0v) is 10.4. The molecule has 1 heterocycles. The van der Waals surface area contributed by atoms with Gasteiger partial charge in [0.05, 0.1) is 4.88 Å². The van der Waals surface area contributed by atoms with E-state index in [1.165, 1.54) is 11.3 Å². The molecule has 0 bridgehead atoms. The molecule has 4 heteroatoms. The third kappa shape index (κ3) is 1.94. The van der Waals surface area contributed by atoms with E-state index >= 15 is 0 Å². The van der Waals surface area contributed by atoms with Gasteiger partial charge in [-0.2, -0.15) is 0 Å². The van der Waals surface area contributed by atoms with E-state index in [-0.39, 0.29) is 5.91 Å². The lowest BCUT2D eigenvalue weighted by Gasteiger charge is -2.10. The summed E-state index contributed by atoms with van der Waals surface area (Å²) >= 11 is 1.54. The van der Waals surface area contributed by atoms with Gasteiger partial charge in [-0.3, -0.25) is 10.2 Å². The molecule has 0 aliphatic carbocycles. The second-order valence-corrected chi connectivity index (χ2v) is 4.94. The van der Waals surface area contributed by atoms with Crippen LogP contribution >= 0.6 is 11.3 Å². The largest absolute Gasteiger partial charge is 0.285 e. The first-order chi connectivity index (χ1) is 7.59. The maximum atomic E-state index is 11.9. The molecule has 0 aliphatic heterocycles. The summed E-state index contributed by atoms with van der Waals surface area (Å²) < 4.78 is 1.16. The molecule has 1 amide bonds. The summed E-state index contributed by atoms with van der Waals surface area (Å²) in [5, 5.41) is 2.82. The molecule has 2 rings (SSSR count). The van der Waals surface area contributed by atoms with Crippen molar-refractivity contribution in [2.45, 2.75) is 6.92 Å². The van der Waals surface area contributed by atoms with Crippen LogP contribution in [0, 0.1) is 6.92 Å². The van der Waals surface area contributed by atoms with Crippen LogP contribution in [-0.2, 0) is 0 Å². The Labute approximate surface area is 98.7 Å². The Balaban J connectivity index is 2.45. The van der Waals surface area contributed by atoms with Crippen molar-refractivity contribution in [2.75, 3.05) is 14.1 Å². The van der Waals surface area contributed by atoms with Gasteiger partial charge in [-0.05, 0) is 23.9 Å². The third-order valence-corrected chi connectivity index (χ3v) is 3.65. The Kier molecular flexibility index (Phi) is 2.94. The van der Waals surface area contributed by atoms with Gasteiger partial charge >= 0.3 is 0 Å². The van der Waals surface area contributed by atoms with Crippen molar-refractivity contribution in [3.05, 3.63) is 34.7 Å². The number of hydrogen-bond acceptors (Lipinski definition) is 3. The van der Waals surface area contributed by atoms with Crippen LogP contribution in [0.4, 0.5) is 0 Å². The maximum absolute atomic E-state index is 11.9. The second kappa shape index (κ2) is 4.23. The number of rotatable bonds is 2. The smallest absolute Gasteiger partial charge is 0.275 e. The maximum Gasteiger partial charge on any atom is 0.275 e. The normalized spacial score (nSPS) is 11.0. The molecule has 0 saturated heterocycles. The van der Waals surface area contributed by atoms with Crippen LogP contribution in [0.15, 0.2) is 24.3 Å². The number of benzene rings is 1. The lowest BCUT2D eigenvalue weighted by molar-refractivity contribution is 0.0861. The van der Waals surface area contributed by atoms with Crippen LogP contribution in [0.3, 0.4) is 0 Å². The summed E-state index contributed by atoms with van der Waals surface area (Å²) in [6.45, 7) is 1.99.